The zero-order chi connectivity index (χ0) is 17.5. The van der Waals surface area contributed by atoms with Gasteiger partial charge in [0.15, 0.2) is 5.96 Å². The first kappa shape index (κ1) is 19.5. The van der Waals surface area contributed by atoms with Gasteiger partial charge in [-0.25, -0.2) is 0 Å². The predicted octanol–water partition coefficient (Wildman–Crippen LogP) is 2.85. The quantitative estimate of drug-likeness (QED) is 0.600. The minimum absolute atomic E-state index is 0.198. The summed E-state index contributed by atoms with van der Waals surface area (Å²) in [5.74, 6) is 1.32. The number of hydrogen-bond donors (Lipinski definition) is 2. The van der Waals surface area contributed by atoms with Crippen LogP contribution in [0.3, 0.4) is 0 Å². The van der Waals surface area contributed by atoms with E-state index in [9.17, 15) is 0 Å². The first-order chi connectivity index (χ1) is 10.7. The second-order valence-corrected chi connectivity index (χ2v) is 7.52. The molecular formula is C19H34N4. The Labute approximate surface area is 142 Å². The van der Waals surface area contributed by atoms with Crippen LogP contribution in [0.25, 0.3) is 0 Å². The third-order valence-corrected chi connectivity index (χ3v) is 3.92. The van der Waals surface area contributed by atoms with E-state index in [1.807, 2.05) is 7.05 Å². The number of nitrogens with one attached hydrogen (secondary N) is 2. The summed E-state index contributed by atoms with van der Waals surface area (Å²) in [5.41, 5.74) is 2.85. The van der Waals surface area contributed by atoms with Gasteiger partial charge in [-0.2, -0.15) is 0 Å². The summed E-state index contributed by atoms with van der Waals surface area (Å²) in [6.45, 7) is 11.7. The van der Waals surface area contributed by atoms with Gasteiger partial charge >= 0.3 is 0 Å². The molecule has 0 aliphatic heterocycles. The first-order valence-electron chi connectivity index (χ1n) is 8.39. The van der Waals surface area contributed by atoms with Crippen molar-refractivity contribution in [3.63, 3.8) is 0 Å². The van der Waals surface area contributed by atoms with E-state index in [0.29, 0.717) is 5.92 Å². The molecule has 0 aromatic heterocycles. The zero-order valence-corrected chi connectivity index (χ0v) is 15.9. The van der Waals surface area contributed by atoms with Gasteiger partial charge in [-0.15, -0.1) is 0 Å². The highest BCUT2D eigenvalue weighted by Gasteiger charge is 2.19. The van der Waals surface area contributed by atoms with E-state index in [0.717, 1.165) is 25.6 Å². The van der Waals surface area contributed by atoms with Crippen LogP contribution in [0.2, 0.25) is 0 Å². The van der Waals surface area contributed by atoms with Gasteiger partial charge in [0.1, 0.15) is 0 Å². The normalized spacial score (nSPS) is 14.0. The van der Waals surface area contributed by atoms with Crippen LogP contribution in [0.4, 0.5) is 0 Å². The molecule has 0 heterocycles. The second-order valence-electron chi connectivity index (χ2n) is 7.52. The Balaban J connectivity index is 2.46. The van der Waals surface area contributed by atoms with E-state index >= 15 is 0 Å². The fourth-order valence-electron chi connectivity index (χ4n) is 2.72. The van der Waals surface area contributed by atoms with Crippen molar-refractivity contribution in [1.82, 2.24) is 15.5 Å². The van der Waals surface area contributed by atoms with Gasteiger partial charge in [-0.3, -0.25) is 4.99 Å². The van der Waals surface area contributed by atoms with E-state index in [1.54, 1.807) is 0 Å². The molecule has 0 saturated heterocycles. The van der Waals surface area contributed by atoms with Crippen LogP contribution < -0.4 is 10.6 Å². The topological polar surface area (TPSA) is 39.7 Å². The van der Waals surface area contributed by atoms with Crippen molar-refractivity contribution in [2.24, 2.45) is 10.4 Å². The van der Waals surface area contributed by atoms with Crippen molar-refractivity contribution in [3.8, 4) is 0 Å². The Bertz CT molecular complexity index is 489. The number of rotatable bonds is 7. The number of benzene rings is 1. The van der Waals surface area contributed by atoms with Crippen molar-refractivity contribution >= 4 is 5.96 Å². The highest BCUT2D eigenvalue weighted by molar-refractivity contribution is 5.79. The van der Waals surface area contributed by atoms with Crippen molar-refractivity contribution in [2.75, 3.05) is 40.8 Å². The van der Waals surface area contributed by atoms with Crippen molar-refractivity contribution in [2.45, 2.75) is 33.6 Å². The molecule has 1 atom stereocenters. The summed E-state index contributed by atoms with van der Waals surface area (Å²) in [7, 11) is 6.04. The molecule has 0 aliphatic rings. The summed E-state index contributed by atoms with van der Waals surface area (Å²) in [4.78, 5) is 6.55. The van der Waals surface area contributed by atoms with Crippen LogP contribution in [0.5, 0.6) is 0 Å². The Morgan fingerprint density at radius 2 is 1.78 bits per heavy atom. The Morgan fingerprint density at radius 1 is 1.17 bits per heavy atom. The number of guanidine groups is 1. The van der Waals surface area contributed by atoms with Crippen LogP contribution >= 0.6 is 0 Å². The average Bonchev–Trinajstić information content (AvgIpc) is 2.46. The first-order valence-corrected chi connectivity index (χ1v) is 8.39. The molecule has 1 rings (SSSR count). The zero-order valence-electron chi connectivity index (χ0n) is 15.9. The van der Waals surface area contributed by atoms with Gasteiger partial charge in [-0.05, 0) is 37.9 Å². The molecule has 0 radical (unpaired) electrons. The molecule has 0 fully saturated rings. The summed E-state index contributed by atoms with van der Waals surface area (Å²) in [5, 5.41) is 6.88. The standard InChI is InChI=1S/C19H34N4/c1-15-8-10-17(11-9-15)16(2)12-21-18(20-5)22-13-19(3,4)14-23(6)7/h8-11,16H,12-14H2,1-7H3,(H2,20,21,22). The maximum Gasteiger partial charge on any atom is 0.191 e. The van der Waals surface area contributed by atoms with Crippen LogP contribution in [0, 0.1) is 12.3 Å². The summed E-state index contributed by atoms with van der Waals surface area (Å²) in [6, 6.07) is 8.75. The lowest BCUT2D eigenvalue weighted by atomic mass is 9.93. The molecule has 130 valence electrons. The highest BCUT2D eigenvalue weighted by atomic mass is 15.2. The smallest absolute Gasteiger partial charge is 0.191 e. The summed E-state index contributed by atoms with van der Waals surface area (Å²) < 4.78 is 0. The minimum atomic E-state index is 0.198. The summed E-state index contributed by atoms with van der Waals surface area (Å²) >= 11 is 0. The fraction of sp³-hybridized carbons (Fsp3) is 0.632. The van der Waals surface area contributed by atoms with Crippen LogP contribution in [0.1, 0.15) is 37.8 Å². The molecule has 2 N–H and O–H groups in total. The lowest BCUT2D eigenvalue weighted by Crippen LogP contribution is -2.45. The molecule has 0 amide bonds. The number of aryl methyl sites for hydroxylation is 1. The molecule has 0 saturated carbocycles. The van der Waals surface area contributed by atoms with Crippen molar-refractivity contribution < 1.29 is 0 Å². The van der Waals surface area contributed by atoms with Gasteiger partial charge in [0, 0.05) is 26.7 Å². The SMILES string of the molecule is CN=C(NCC(C)c1ccc(C)cc1)NCC(C)(C)CN(C)C. The van der Waals surface area contributed by atoms with Crippen molar-refractivity contribution in [3.05, 3.63) is 35.4 Å². The fourth-order valence-corrected chi connectivity index (χ4v) is 2.72. The number of hydrogen-bond acceptors (Lipinski definition) is 2. The average molecular weight is 319 g/mol. The van der Waals surface area contributed by atoms with E-state index in [4.69, 9.17) is 0 Å². The van der Waals surface area contributed by atoms with E-state index in [1.165, 1.54) is 11.1 Å². The Kier molecular flexibility index (Phi) is 7.56. The van der Waals surface area contributed by atoms with Gasteiger partial charge in [0.2, 0.25) is 0 Å². The molecule has 4 nitrogen and oxygen atoms in total. The molecule has 1 unspecified atom stereocenters. The Hall–Kier alpha value is -1.55. The van der Waals surface area contributed by atoms with Gasteiger partial charge < -0.3 is 15.5 Å². The molecule has 23 heavy (non-hydrogen) atoms. The maximum atomic E-state index is 4.33. The highest BCUT2D eigenvalue weighted by Crippen LogP contribution is 2.15. The number of nitrogens with zero attached hydrogens (tertiary/aromatic N) is 2. The van der Waals surface area contributed by atoms with Gasteiger partial charge in [-0.1, -0.05) is 50.6 Å². The van der Waals surface area contributed by atoms with E-state index in [-0.39, 0.29) is 5.41 Å². The maximum absolute atomic E-state index is 4.33. The molecule has 1 aromatic rings. The lowest BCUT2D eigenvalue weighted by Gasteiger charge is -2.29. The molecule has 1 aromatic carbocycles. The van der Waals surface area contributed by atoms with E-state index < -0.39 is 0 Å². The molecule has 0 aliphatic carbocycles. The number of aliphatic imine (C=N–C) groups is 1. The molecule has 4 heteroatoms. The molecular weight excluding hydrogens is 284 g/mol. The largest absolute Gasteiger partial charge is 0.356 e. The lowest BCUT2D eigenvalue weighted by molar-refractivity contribution is 0.241. The summed E-state index contributed by atoms with van der Waals surface area (Å²) in [6.07, 6.45) is 0. The van der Waals surface area contributed by atoms with Crippen molar-refractivity contribution in [1.29, 1.82) is 0 Å². The van der Waals surface area contributed by atoms with E-state index in [2.05, 4.69) is 86.6 Å². The molecule has 0 spiro atoms. The van der Waals surface area contributed by atoms with Crippen LogP contribution in [0.15, 0.2) is 29.3 Å². The monoisotopic (exact) mass is 318 g/mol. The predicted molar refractivity (Wildman–Crippen MR) is 101 cm³/mol. The third-order valence-electron chi connectivity index (χ3n) is 3.92. The minimum Gasteiger partial charge on any atom is -0.356 e. The third kappa shape index (κ3) is 7.51. The Morgan fingerprint density at radius 3 is 2.30 bits per heavy atom. The second kappa shape index (κ2) is 8.92. The van der Waals surface area contributed by atoms with Crippen LogP contribution in [-0.4, -0.2) is 51.6 Å². The van der Waals surface area contributed by atoms with Crippen LogP contribution in [-0.2, 0) is 0 Å². The van der Waals surface area contributed by atoms with Gasteiger partial charge in [0.25, 0.3) is 0 Å². The van der Waals surface area contributed by atoms with Gasteiger partial charge in [0.05, 0.1) is 0 Å². The molecule has 0 bridgehead atoms.